The molecule has 1 aromatic rings. The van der Waals surface area contributed by atoms with Gasteiger partial charge in [-0.2, -0.15) is 0 Å². The first-order valence-electron chi connectivity index (χ1n) is 5.95. The van der Waals surface area contributed by atoms with Crippen LogP contribution in [0.1, 0.15) is 30.9 Å². The third-order valence-corrected chi connectivity index (χ3v) is 2.96. The van der Waals surface area contributed by atoms with Crippen LogP contribution in [0.25, 0.3) is 0 Å². The molecule has 2 unspecified atom stereocenters. The number of aryl methyl sites for hydroxylation is 1. The Balaban J connectivity index is 2.33. The molecule has 2 nitrogen and oxygen atoms in total. The Labute approximate surface area is 98.8 Å². The lowest BCUT2D eigenvalue weighted by molar-refractivity contribution is 0.107. The van der Waals surface area contributed by atoms with Gasteiger partial charge in [-0.1, -0.05) is 29.8 Å². The molecule has 2 atom stereocenters. The van der Waals surface area contributed by atoms with Gasteiger partial charge < -0.3 is 10.5 Å². The minimum atomic E-state index is 0.236. The van der Waals surface area contributed by atoms with Crippen LogP contribution in [0.4, 0.5) is 0 Å². The molecule has 16 heavy (non-hydrogen) atoms. The number of hydrogen-bond donors (Lipinski definition) is 1. The van der Waals surface area contributed by atoms with E-state index < -0.39 is 0 Å². The van der Waals surface area contributed by atoms with Crippen molar-refractivity contribution < 1.29 is 4.74 Å². The average molecular weight is 221 g/mol. The fourth-order valence-corrected chi connectivity index (χ4v) is 1.70. The van der Waals surface area contributed by atoms with E-state index in [0.29, 0.717) is 6.10 Å². The molecule has 0 saturated heterocycles. The Morgan fingerprint density at radius 1 is 1.19 bits per heavy atom. The van der Waals surface area contributed by atoms with E-state index >= 15 is 0 Å². The van der Waals surface area contributed by atoms with E-state index in [1.54, 1.807) is 7.11 Å². The van der Waals surface area contributed by atoms with Crippen molar-refractivity contribution in [2.45, 2.75) is 45.3 Å². The highest BCUT2D eigenvalue weighted by Crippen LogP contribution is 2.09. The summed E-state index contributed by atoms with van der Waals surface area (Å²) in [6.45, 7) is 4.18. The van der Waals surface area contributed by atoms with Gasteiger partial charge in [0.2, 0.25) is 0 Å². The molecule has 0 heterocycles. The zero-order valence-corrected chi connectivity index (χ0v) is 10.6. The van der Waals surface area contributed by atoms with Crippen molar-refractivity contribution in [1.82, 2.24) is 0 Å². The summed E-state index contributed by atoms with van der Waals surface area (Å²) in [6.07, 6.45) is 3.31. The van der Waals surface area contributed by atoms with Crippen LogP contribution in [0.15, 0.2) is 24.3 Å². The minimum Gasteiger partial charge on any atom is -0.382 e. The second-order valence-electron chi connectivity index (χ2n) is 4.57. The topological polar surface area (TPSA) is 35.2 Å². The minimum absolute atomic E-state index is 0.236. The molecular weight excluding hydrogens is 198 g/mol. The van der Waals surface area contributed by atoms with Gasteiger partial charge in [-0.05, 0) is 38.7 Å². The fraction of sp³-hybridized carbons (Fsp3) is 0.571. The Morgan fingerprint density at radius 3 is 2.38 bits per heavy atom. The molecule has 1 rings (SSSR count). The molecule has 0 aliphatic rings. The number of benzene rings is 1. The quantitative estimate of drug-likeness (QED) is 0.801. The van der Waals surface area contributed by atoms with E-state index in [1.165, 1.54) is 11.1 Å². The summed E-state index contributed by atoms with van der Waals surface area (Å²) >= 11 is 0. The van der Waals surface area contributed by atoms with Crippen LogP contribution in [0.5, 0.6) is 0 Å². The van der Waals surface area contributed by atoms with Gasteiger partial charge in [0.15, 0.2) is 0 Å². The molecule has 2 N–H and O–H groups in total. The van der Waals surface area contributed by atoms with Crippen LogP contribution in [-0.2, 0) is 11.2 Å². The third kappa shape index (κ3) is 4.77. The molecule has 0 aliphatic carbocycles. The van der Waals surface area contributed by atoms with Crippen molar-refractivity contribution in [1.29, 1.82) is 0 Å². The highest BCUT2D eigenvalue weighted by atomic mass is 16.5. The van der Waals surface area contributed by atoms with E-state index in [-0.39, 0.29) is 6.04 Å². The summed E-state index contributed by atoms with van der Waals surface area (Å²) < 4.78 is 5.21. The molecule has 2 heteroatoms. The maximum Gasteiger partial charge on any atom is 0.0543 e. The van der Waals surface area contributed by atoms with Crippen molar-refractivity contribution in [2.24, 2.45) is 5.73 Å². The second kappa shape index (κ2) is 6.66. The van der Waals surface area contributed by atoms with Gasteiger partial charge >= 0.3 is 0 Å². The summed E-state index contributed by atoms with van der Waals surface area (Å²) in [6, 6.07) is 8.84. The number of hydrogen-bond acceptors (Lipinski definition) is 2. The van der Waals surface area contributed by atoms with Crippen LogP contribution >= 0.6 is 0 Å². The summed E-state index contributed by atoms with van der Waals surface area (Å²) in [4.78, 5) is 0. The predicted molar refractivity (Wildman–Crippen MR) is 68.6 cm³/mol. The molecule has 0 radical (unpaired) electrons. The van der Waals surface area contributed by atoms with Gasteiger partial charge in [0, 0.05) is 13.2 Å². The van der Waals surface area contributed by atoms with Crippen LogP contribution in [0.3, 0.4) is 0 Å². The molecule has 0 fully saturated rings. The smallest absolute Gasteiger partial charge is 0.0543 e. The second-order valence-corrected chi connectivity index (χ2v) is 4.57. The molecule has 1 aromatic carbocycles. The van der Waals surface area contributed by atoms with Gasteiger partial charge in [-0.25, -0.2) is 0 Å². The van der Waals surface area contributed by atoms with Crippen molar-refractivity contribution >= 4 is 0 Å². The largest absolute Gasteiger partial charge is 0.382 e. The Hall–Kier alpha value is -0.860. The van der Waals surface area contributed by atoms with Gasteiger partial charge in [-0.3, -0.25) is 0 Å². The third-order valence-electron chi connectivity index (χ3n) is 2.96. The highest BCUT2D eigenvalue weighted by Gasteiger charge is 2.07. The fourth-order valence-electron chi connectivity index (χ4n) is 1.70. The molecular formula is C14H23NO. The molecule has 0 aromatic heterocycles. The first kappa shape index (κ1) is 13.2. The monoisotopic (exact) mass is 221 g/mol. The van der Waals surface area contributed by atoms with E-state index in [2.05, 4.69) is 38.1 Å². The van der Waals surface area contributed by atoms with E-state index in [0.717, 1.165) is 19.3 Å². The summed E-state index contributed by atoms with van der Waals surface area (Å²) in [5.74, 6) is 0. The first-order chi connectivity index (χ1) is 7.61. The highest BCUT2D eigenvalue weighted by molar-refractivity contribution is 5.21. The van der Waals surface area contributed by atoms with Gasteiger partial charge in [-0.15, -0.1) is 0 Å². The van der Waals surface area contributed by atoms with Gasteiger partial charge in [0.25, 0.3) is 0 Å². The van der Waals surface area contributed by atoms with E-state index in [1.807, 2.05) is 0 Å². The average Bonchev–Trinajstić information content (AvgIpc) is 2.29. The molecule has 0 saturated carbocycles. The predicted octanol–water partition coefficient (Wildman–Crippen LogP) is 2.68. The van der Waals surface area contributed by atoms with Crippen molar-refractivity contribution in [3.05, 3.63) is 35.4 Å². The Bertz CT molecular complexity index is 294. The van der Waals surface area contributed by atoms with Crippen molar-refractivity contribution in [3.63, 3.8) is 0 Å². The zero-order valence-electron chi connectivity index (χ0n) is 10.6. The van der Waals surface area contributed by atoms with Gasteiger partial charge in [0.1, 0.15) is 0 Å². The number of rotatable bonds is 6. The molecule has 0 spiro atoms. The molecule has 0 bridgehead atoms. The Kier molecular flexibility index (Phi) is 5.50. The maximum absolute atomic E-state index is 6.09. The molecule has 90 valence electrons. The number of methoxy groups -OCH3 is 1. The molecule has 0 aliphatic heterocycles. The lowest BCUT2D eigenvalue weighted by Gasteiger charge is -2.14. The van der Waals surface area contributed by atoms with Crippen molar-refractivity contribution in [3.8, 4) is 0 Å². The summed E-state index contributed by atoms with van der Waals surface area (Å²) in [7, 11) is 1.75. The SMILES string of the molecule is COC(C)CCC(N)Cc1ccc(C)cc1. The van der Waals surface area contributed by atoms with Gasteiger partial charge in [0.05, 0.1) is 6.10 Å². The van der Waals surface area contributed by atoms with E-state index in [4.69, 9.17) is 10.5 Å². The molecule has 0 amide bonds. The van der Waals surface area contributed by atoms with Crippen LogP contribution < -0.4 is 5.73 Å². The van der Waals surface area contributed by atoms with Crippen LogP contribution in [0.2, 0.25) is 0 Å². The zero-order chi connectivity index (χ0) is 12.0. The Morgan fingerprint density at radius 2 is 1.81 bits per heavy atom. The standard InChI is InChI=1S/C14H23NO/c1-11-4-7-13(8-5-11)10-14(15)9-6-12(2)16-3/h4-5,7-8,12,14H,6,9-10,15H2,1-3H3. The van der Waals surface area contributed by atoms with Crippen LogP contribution in [-0.4, -0.2) is 19.3 Å². The lowest BCUT2D eigenvalue weighted by Crippen LogP contribution is -2.24. The number of nitrogens with two attached hydrogens (primary N) is 1. The van der Waals surface area contributed by atoms with Crippen LogP contribution in [0, 0.1) is 6.92 Å². The first-order valence-corrected chi connectivity index (χ1v) is 5.95. The number of ether oxygens (including phenoxy) is 1. The lowest BCUT2D eigenvalue weighted by atomic mass is 10.0. The van der Waals surface area contributed by atoms with E-state index in [9.17, 15) is 0 Å². The summed E-state index contributed by atoms with van der Waals surface area (Å²) in [5, 5.41) is 0. The normalized spacial score (nSPS) is 14.8. The summed E-state index contributed by atoms with van der Waals surface area (Å²) in [5.41, 5.74) is 8.71. The van der Waals surface area contributed by atoms with Crippen molar-refractivity contribution in [2.75, 3.05) is 7.11 Å². The maximum atomic E-state index is 6.09.